The van der Waals surface area contributed by atoms with Gasteiger partial charge in [-0.2, -0.15) is 11.8 Å². The molecule has 1 heterocycles. The molecule has 0 saturated heterocycles. The molecule has 0 spiro atoms. The molecule has 6 heteroatoms. The van der Waals surface area contributed by atoms with Crippen LogP contribution >= 0.6 is 11.8 Å². The van der Waals surface area contributed by atoms with E-state index in [-0.39, 0.29) is 5.41 Å². The molecule has 5 nitrogen and oxygen atoms in total. The van der Waals surface area contributed by atoms with Gasteiger partial charge in [-0.25, -0.2) is 15.8 Å². The fourth-order valence-corrected chi connectivity index (χ4v) is 3.82. The number of nitrogen functional groups attached to an aromatic ring is 1. The lowest BCUT2D eigenvalue weighted by atomic mass is 9.96. The van der Waals surface area contributed by atoms with Gasteiger partial charge in [-0.05, 0) is 18.6 Å². The minimum atomic E-state index is -0.101. The molecule has 1 aromatic heterocycles. The standard InChI is InChI=1S/C15H27N5S/c1-5-21-11-8-6-7-10(11)17-12-9-13(20-16)19-14(18-12)15(2,3)4/h9-11H,5-8,16H2,1-4H3,(H2,17,18,19,20). The highest BCUT2D eigenvalue weighted by molar-refractivity contribution is 7.99. The molecule has 1 saturated carbocycles. The Balaban J connectivity index is 2.19. The van der Waals surface area contributed by atoms with Crippen LogP contribution in [0.3, 0.4) is 0 Å². The van der Waals surface area contributed by atoms with E-state index in [4.69, 9.17) is 5.84 Å². The number of anilines is 2. The summed E-state index contributed by atoms with van der Waals surface area (Å²) in [4.78, 5) is 9.14. The molecule has 0 aromatic carbocycles. The Kier molecular flexibility index (Phi) is 5.32. The van der Waals surface area contributed by atoms with Gasteiger partial charge in [0.25, 0.3) is 0 Å². The number of nitrogens with two attached hydrogens (primary N) is 1. The quantitative estimate of drug-likeness (QED) is 0.573. The molecular formula is C15H27N5S. The van der Waals surface area contributed by atoms with Crippen LogP contribution in [-0.4, -0.2) is 27.0 Å². The lowest BCUT2D eigenvalue weighted by Gasteiger charge is -2.23. The lowest BCUT2D eigenvalue weighted by Crippen LogP contribution is -2.28. The van der Waals surface area contributed by atoms with Crippen LogP contribution in [0.25, 0.3) is 0 Å². The molecule has 0 amide bonds. The molecule has 2 atom stereocenters. The SMILES string of the molecule is CCSC1CCCC1Nc1cc(NN)nc(C(C)(C)C)n1. The Morgan fingerprint density at radius 1 is 1.29 bits per heavy atom. The minimum absolute atomic E-state index is 0.101. The number of nitrogens with one attached hydrogen (secondary N) is 2. The van der Waals surface area contributed by atoms with Crippen molar-refractivity contribution in [2.45, 2.75) is 63.7 Å². The summed E-state index contributed by atoms with van der Waals surface area (Å²) in [6.07, 6.45) is 3.78. The van der Waals surface area contributed by atoms with Crippen molar-refractivity contribution in [1.29, 1.82) is 0 Å². The summed E-state index contributed by atoms with van der Waals surface area (Å²) in [6.45, 7) is 8.55. The monoisotopic (exact) mass is 309 g/mol. The van der Waals surface area contributed by atoms with Crippen molar-refractivity contribution in [2.24, 2.45) is 5.84 Å². The first-order valence-corrected chi connectivity index (χ1v) is 8.73. The largest absolute Gasteiger partial charge is 0.366 e. The molecule has 21 heavy (non-hydrogen) atoms. The van der Waals surface area contributed by atoms with Gasteiger partial charge >= 0.3 is 0 Å². The first kappa shape index (κ1) is 16.4. The summed E-state index contributed by atoms with van der Waals surface area (Å²) in [5.41, 5.74) is 2.54. The van der Waals surface area contributed by atoms with Crippen LogP contribution in [0.15, 0.2) is 6.07 Å². The molecule has 0 aliphatic heterocycles. The van der Waals surface area contributed by atoms with Crippen LogP contribution in [0, 0.1) is 0 Å². The molecule has 2 unspecified atom stereocenters. The number of thioether (sulfide) groups is 1. The van der Waals surface area contributed by atoms with Crippen molar-refractivity contribution < 1.29 is 0 Å². The van der Waals surface area contributed by atoms with Gasteiger partial charge in [-0.1, -0.05) is 34.1 Å². The average molecular weight is 309 g/mol. The Morgan fingerprint density at radius 2 is 2.00 bits per heavy atom. The van der Waals surface area contributed by atoms with Gasteiger partial charge in [-0.3, -0.25) is 0 Å². The smallest absolute Gasteiger partial charge is 0.145 e. The maximum atomic E-state index is 5.54. The van der Waals surface area contributed by atoms with E-state index in [0.29, 0.717) is 17.1 Å². The van der Waals surface area contributed by atoms with Crippen molar-refractivity contribution in [2.75, 3.05) is 16.5 Å². The minimum Gasteiger partial charge on any atom is -0.366 e. The number of hydrogen-bond donors (Lipinski definition) is 3. The second-order valence-corrected chi connectivity index (χ2v) is 8.05. The van der Waals surface area contributed by atoms with Gasteiger partial charge in [0.2, 0.25) is 0 Å². The van der Waals surface area contributed by atoms with E-state index in [1.54, 1.807) is 0 Å². The van der Waals surface area contributed by atoms with Crippen molar-refractivity contribution in [1.82, 2.24) is 9.97 Å². The topological polar surface area (TPSA) is 75.9 Å². The summed E-state index contributed by atoms with van der Waals surface area (Å²) in [7, 11) is 0. The Bertz CT molecular complexity index is 472. The highest BCUT2D eigenvalue weighted by Gasteiger charge is 2.28. The maximum absolute atomic E-state index is 5.54. The highest BCUT2D eigenvalue weighted by atomic mass is 32.2. The van der Waals surface area contributed by atoms with E-state index in [9.17, 15) is 0 Å². The number of hydrazine groups is 1. The summed E-state index contributed by atoms with van der Waals surface area (Å²) in [6, 6.07) is 2.38. The molecule has 0 bridgehead atoms. The molecule has 118 valence electrons. The third kappa shape index (κ3) is 4.23. The van der Waals surface area contributed by atoms with Gasteiger partial charge in [0.05, 0.1) is 0 Å². The normalized spacial score (nSPS) is 22.3. The second kappa shape index (κ2) is 6.83. The van der Waals surface area contributed by atoms with E-state index in [1.807, 2.05) is 17.8 Å². The number of nitrogens with zero attached hydrogens (tertiary/aromatic N) is 2. The zero-order valence-electron chi connectivity index (χ0n) is 13.4. The zero-order chi connectivity index (χ0) is 15.5. The Hall–Kier alpha value is -1.01. The Morgan fingerprint density at radius 3 is 2.62 bits per heavy atom. The first-order valence-electron chi connectivity index (χ1n) is 7.68. The fourth-order valence-electron chi connectivity index (χ4n) is 2.63. The number of aromatic nitrogens is 2. The van der Waals surface area contributed by atoms with Crippen molar-refractivity contribution in [3.8, 4) is 0 Å². The van der Waals surface area contributed by atoms with E-state index < -0.39 is 0 Å². The average Bonchev–Trinajstić information content (AvgIpc) is 2.85. The summed E-state index contributed by atoms with van der Waals surface area (Å²) in [5.74, 6) is 9.04. The molecule has 4 N–H and O–H groups in total. The van der Waals surface area contributed by atoms with Crippen LogP contribution < -0.4 is 16.6 Å². The highest BCUT2D eigenvalue weighted by Crippen LogP contribution is 2.32. The lowest BCUT2D eigenvalue weighted by molar-refractivity contribution is 0.546. The predicted octanol–water partition coefficient (Wildman–Crippen LogP) is 3.15. The molecule has 1 aromatic rings. The van der Waals surface area contributed by atoms with Gasteiger partial charge in [0.15, 0.2) is 0 Å². The summed E-state index contributed by atoms with van der Waals surface area (Å²) >= 11 is 2.04. The van der Waals surface area contributed by atoms with Gasteiger partial charge < -0.3 is 10.7 Å². The molecule has 0 radical (unpaired) electrons. The van der Waals surface area contributed by atoms with Crippen LogP contribution in [0.1, 0.15) is 52.8 Å². The Labute approximate surface area is 131 Å². The van der Waals surface area contributed by atoms with Gasteiger partial charge in [-0.15, -0.1) is 0 Å². The summed E-state index contributed by atoms with van der Waals surface area (Å²) in [5, 5.41) is 4.27. The van der Waals surface area contributed by atoms with Crippen LogP contribution in [0.5, 0.6) is 0 Å². The molecule has 1 aliphatic rings. The predicted molar refractivity (Wildman–Crippen MR) is 91.7 cm³/mol. The van der Waals surface area contributed by atoms with Gasteiger partial charge in [0, 0.05) is 22.8 Å². The van der Waals surface area contributed by atoms with E-state index in [2.05, 4.69) is 48.4 Å². The maximum Gasteiger partial charge on any atom is 0.145 e. The van der Waals surface area contributed by atoms with Crippen LogP contribution in [0.4, 0.5) is 11.6 Å². The summed E-state index contributed by atoms with van der Waals surface area (Å²) < 4.78 is 0. The first-order chi connectivity index (χ1) is 9.94. The number of rotatable bonds is 5. The third-order valence-corrected chi connectivity index (χ3v) is 5.04. The van der Waals surface area contributed by atoms with Crippen LogP contribution in [0.2, 0.25) is 0 Å². The zero-order valence-corrected chi connectivity index (χ0v) is 14.3. The van der Waals surface area contributed by atoms with Crippen molar-refractivity contribution in [3.05, 3.63) is 11.9 Å². The van der Waals surface area contributed by atoms with Crippen molar-refractivity contribution >= 4 is 23.4 Å². The fraction of sp³-hybridized carbons (Fsp3) is 0.733. The van der Waals surface area contributed by atoms with E-state index in [1.165, 1.54) is 19.3 Å². The number of hydrogen-bond acceptors (Lipinski definition) is 6. The van der Waals surface area contributed by atoms with Crippen molar-refractivity contribution in [3.63, 3.8) is 0 Å². The second-order valence-electron chi connectivity index (χ2n) is 6.53. The van der Waals surface area contributed by atoms with E-state index in [0.717, 1.165) is 17.4 Å². The molecule has 1 aliphatic carbocycles. The van der Waals surface area contributed by atoms with E-state index >= 15 is 0 Å². The van der Waals surface area contributed by atoms with Gasteiger partial charge in [0.1, 0.15) is 17.5 Å². The molecule has 2 rings (SSSR count). The van der Waals surface area contributed by atoms with Crippen LogP contribution in [-0.2, 0) is 5.41 Å². The third-order valence-electron chi connectivity index (χ3n) is 3.71. The molecular weight excluding hydrogens is 282 g/mol. The molecule has 1 fully saturated rings.